The van der Waals surface area contributed by atoms with Crippen molar-refractivity contribution in [3.8, 4) is 5.75 Å². The van der Waals surface area contributed by atoms with Crippen molar-refractivity contribution in [2.45, 2.75) is 20.3 Å². The number of benzene rings is 1. The maximum absolute atomic E-state index is 13.0. The van der Waals surface area contributed by atoms with Gasteiger partial charge in [-0.3, -0.25) is 4.39 Å². The molecule has 1 aromatic carbocycles. The van der Waals surface area contributed by atoms with E-state index < -0.39 is 6.67 Å². The Morgan fingerprint density at radius 3 is 2.73 bits per heavy atom. The lowest BCUT2D eigenvalue weighted by Gasteiger charge is -2.13. The molecule has 0 aliphatic carbocycles. The molecule has 0 fully saturated rings. The van der Waals surface area contributed by atoms with Crippen molar-refractivity contribution in [1.82, 2.24) is 0 Å². The SMILES string of the molecule is CCCOc1ccc(F)cc1[C](C)CF. The molecule has 0 atom stereocenters. The average Bonchev–Trinajstić information content (AvgIpc) is 2.26. The quantitative estimate of drug-likeness (QED) is 0.727. The third-order valence-electron chi connectivity index (χ3n) is 2.06. The van der Waals surface area contributed by atoms with E-state index in [2.05, 4.69) is 0 Å². The molecule has 1 aromatic rings. The number of rotatable bonds is 5. The Morgan fingerprint density at radius 1 is 1.40 bits per heavy atom. The van der Waals surface area contributed by atoms with Gasteiger partial charge in [0.15, 0.2) is 0 Å². The van der Waals surface area contributed by atoms with E-state index in [9.17, 15) is 8.78 Å². The number of ether oxygens (including phenoxy) is 1. The summed E-state index contributed by atoms with van der Waals surface area (Å²) in [7, 11) is 0. The van der Waals surface area contributed by atoms with Crippen LogP contribution in [0.15, 0.2) is 18.2 Å². The van der Waals surface area contributed by atoms with Crippen LogP contribution in [-0.4, -0.2) is 13.3 Å². The number of hydrogen-bond acceptors (Lipinski definition) is 1. The molecule has 1 nitrogen and oxygen atoms in total. The first-order valence-corrected chi connectivity index (χ1v) is 5.00. The highest BCUT2D eigenvalue weighted by Gasteiger charge is 2.13. The molecule has 3 heteroatoms. The van der Waals surface area contributed by atoms with E-state index in [0.29, 0.717) is 23.8 Å². The summed E-state index contributed by atoms with van der Waals surface area (Å²) in [6.07, 6.45) is 0.867. The zero-order valence-corrected chi connectivity index (χ0v) is 9.02. The molecule has 83 valence electrons. The summed E-state index contributed by atoms with van der Waals surface area (Å²) < 4.78 is 30.9. The highest BCUT2D eigenvalue weighted by atomic mass is 19.1. The monoisotopic (exact) mass is 213 g/mol. The van der Waals surface area contributed by atoms with Gasteiger partial charge in [0.1, 0.15) is 11.6 Å². The molecule has 0 unspecified atom stereocenters. The molecule has 0 aliphatic heterocycles. The fourth-order valence-corrected chi connectivity index (χ4v) is 1.25. The van der Waals surface area contributed by atoms with Crippen molar-refractivity contribution in [3.63, 3.8) is 0 Å². The van der Waals surface area contributed by atoms with E-state index in [1.165, 1.54) is 12.1 Å². The van der Waals surface area contributed by atoms with Crippen molar-refractivity contribution in [2.24, 2.45) is 0 Å². The van der Waals surface area contributed by atoms with Crippen molar-refractivity contribution in [2.75, 3.05) is 13.3 Å². The molecule has 0 aliphatic rings. The third kappa shape index (κ3) is 3.18. The fraction of sp³-hybridized carbons (Fsp3) is 0.417. The molecule has 0 aromatic heterocycles. The molecule has 0 saturated heterocycles. The molecule has 0 N–H and O–H groups in total. The van der Waals surface area contributed by atoms with Crippen LogP contribution in [0.3, 0.4) is 0 Å². The molecule has 0 heterocycles. The molecular formula is C12H15F2O. The van der Waals surface area contributed by atoms with E-state index >= 15 is 0 Å². The van der Waals surface area contributed by atoms with Crippen LogP contribution in [0.25, 0.3) is 0 Å². The van der Waals surface area contributed by atoms with E-state index in [4.69, 9.17) is 4.74 Å². The minimum Gasteiger partial charge on any atom is -0.493 e. The average molecular weight is 213 g/mol. The molecule has 1 rings (SSSR count). The first-order valence-electron chi connectivity index (χ1n) is 5.00. The second-order valence-electron chi connectivity index (χ2n) is 3.40. The minimum absolute atomic E-state index is 0.373. The van der Waals surface area contributed by atoms with Gasteiger partial charge >= 0.3 is 0 Å². The lowest BCUT2D eigenvalue weighted by atomic mass is 10.0. The van der Waals surface area contributed by atoms with Gasteiger partial charge < -0.3 is 4.74 Å². The number of halogens is 2. The van der Waals surface area contributed by atoms with Crippen LogP contribution < -0.4 is 4.74 Å². The molecule has 0 amide bonds. The standard InChI is InChI=1S/C12H15F2O/c1-3-6-15-12-5-4-10(14)7-11(12)9(2)8-13/h4-5,7H,3,6,8H2,1-2H3. The molecular weight excluding hydrogens is 198 g/mol. The zero-order valence-electron chi connectivity index (χ0n) is 9.02. The zero-order chi connectivity index (χ0) is 11.3. The second-order valence-corrected chi connectivity index (χ2v) is 3.40. The summed E-state index contributed by atoms with van der Waals surface area (Å²) in [5.41, 5.74) is 0.519. The van der Waals surface area contributed by atoms with Crippen molar-refractivity contribution in [3.05, 3.63) is 35.5 Å². The summed E-state index contributed by atoms with van der Waals surface area (Å²) in [6, 6.07) is 4.17. The highest BCUT2D eigenvalue weighted by molar-refractivity contribution is 5.43. The third-order valence-corrected chi connectivity index (χ3v) is 2.06. The van der Waals surface area contributed by atoms with Gasteiger partial charge in [-0.05, 0) is 24.6 Å². The Balaban J connectivity index is 2.92. The minimum atomic E-state index is -0.591. The molecule has 0 bridgehead atoms. The lowest BCUT2D eigenvalue weighted by molar-refractivity contribution is 0.313. The lowest BCUT2D eigenvalue weighted by Crippen LogP contribution is -2.04. The van der Waals surface area contributed by atoms with Crippen LogP contribution in [0.4, 0.5) is 8.78 Å². The van der Waals surface area contributed by atoms with Gasteiger partial charge in [-0.15, -0.1) is 0 Å². The van der Waals surface area contributed by atoms with Gasteiger partial charge in [0.2, 0.25) is 0 Å². The largest absolute Gasteiger partial charge is 0.493 e. The van der Waals surface area contributed by atoms with Crippen LogP contribution in [0, 0.1) is 11.7 Å². The van der Waals surface area contributed by atoms with Gasteiger partial charge in [0, 0.05) is 11.5 Å². The fourth-order valence-electron chi connectivity index (χ4n) is 1.25. The molecule has 0 saturated carbocycles. The Morgan fingerprint density at radius 2 is 2.13 bits per heavy atom. The van der Waals surface area contributed by atoms with Crippen molar-refractivity contribution in [1.29, 1.82) is 0 Å². The van der Waals surface area contributed by atoms with Crippen LogP contribution >= 0.6 is 0 Å². The molecule has 0 spiro atoms. The summed E-state index contributed by atoms with van der Waals surface area (Å²) in [4.78, 5) is 0. The summed E-state index contributed by atoms with van der Waals surface area (Å²) >= 11 is 0. The smallest absolute Gasteiger partial charge is 0.123 e. The van der Waals surface area contributed by atoms with Crippen molar-refractivity contribution < 1.29 is 13.5 Å². The summed E-state index contributed by atoms with van der Waals surface area (Å²) in [5, 5.41) is 0. The number of alkyl halides is 1. The first kappa shape index (κ1) is 12.0. The Kier molecular flexibility index (Phi) is 4.53. The Hall–Kier alpha value is -1.12. The highest BCUT2D eigenvalue weighted by Crippen LogP contribution is 2.27. The van der Waals surface area contributed by atoms with Crippen LogP contribution in [0.1, 0.15) is 25.8 Å². The maximum Gasteiger partial charge on any atom is 0.123 e. The van der Waals surface area contributed by atoms with E-state index in [-0.39, 0.29) is 5.82 Å². The predicted octanol–water partition coefficient (Wildman–Crippen LogP) is 3.53. The van der Waals surface area contributed by atoms with Gasteiger partial charge in [0.05, 0.1) is 13.3 Å². The van der Waals surface area contributed by atoms with Crippen LogP contribution in [-0.2, 0) is 0 Å². The second kappa shape index (κ2) is 5.69. The van der Waals surface area contributed by atoms with E-state index in [0.717, 1.165) is 6.42 Å². The molecule has 1 radical (unpaired) electrons. The van der Waals surface area contributed by atoms with Gasteiger partial charge in [-0.1, -0.05) is 13.8 Å². The van der Waals surface area contributed by atoms with E-state index in [1.54, 1.807) is 13.0 Å². The van der Waals surface area contributed by atoms with Gasteiger partial charge in [0.25, 0.3) is 0 Å². The topological polar surface area (TPSA) is 9.23 Å². The summed E-state index contributed by atoms with van der Waals surface area (Å²) in [6.45, 7) is 3.58. The summed E-state index contributed by atoms with van der Waals surface area (Å²) in [5.74, 6) is 0.663. The molecule has 15 heavy (non-hydrogen) atoms. The van der Waals surface area contributed by atoms with Crippen LogP contribution in [0.2, 0.25) is 0 Å². The van der Waals surface area contributed by atoms with Gasteiger partial charge in [-0.25, -0.2) is 4.39 Å². The van der Waals surface area contributed by atoms with Crippen molar-refractivity contribution >= 4 is 0 Å². The number of hydrogen-bond donors (Lipinski definition) is 0. The Labute approximate surface area is 89.1 Å². The predicted molar refractivity (Wildman–Crippen MR) is 56.2 cm³/mol. The van der Waals surface area contributed by atoms with E-state index in [1.807, 2.05) is 6.92 Å². The Bertz CT molecular complexity index is 312. The maximum atomic E-state index is 13.0. The normalized spacial score (nSPS) is 10.7. The van der Waals surface area contributed by atoms with Crippen LogP contribution in [0.5, 0.6) is 5.75 Å². The first-order chi connectivity index (χ1) is 7.19. The van der Waals surface area contributed by atoms with Gasteiger partial charge in [-0.2, -0.15) is 0 Å².